The van der Waals surface area contributed by atoms with Gasteiger partial charge in [0.2, 0.25) is 0 Å². The highest BCUT2D eigenvalue weighted by Gasteiger charge is 2.17. The maximum Gasteiger partial charge on any atom is 0.263 e. The lowest BCUT2D eigenvalue weighted by molar-refractivity contribution is 0.597. The molecule has 9 heteroatoms. The first-order valence-corrected chi connectivity index (χ1v) is 10.1. The summed E-state index contributed by atoms with van der Waals surface area (Å²) in [5, 5.41) is 0.234. The Bertz CT molecular complexity index is 924. The van der Waals surface area contributed by atoms with Gasteiger partial charge in [0.25, 0.3) is 10.0 Å². The molecule has 0 amide bonds. The van der Waals surface area contributed by atoms with E-state index >= 15 is 0 Å². The molecule has 6 nitrogen and oxygen atoms in total. The van der Waals surface area contributed by atoms with Crippen LogP contribution in [0.4, 0.5) is 5.69 Å². The van der Waals surface area contributed by atoms with Crippen LogP contribution in [0, 0.1) is 6.92 Å². The molecule has 124 valence electrons. The van der Waals surface area contributed by atoms with Crippen molar-refractivity contribution in [1.29, 1.82) is 0 Å². The highest BCUT2D eigenvalue weighted by atomic mass is 35.5. The van der Waals surface area contributed by atoms with Crippen molar-refractivity contribution < 1.29 is 16.8 Å². The molecular weight excluding hydrogens is 360 g/mol. The Hall–Kier alpha value is -1.64. The van der Waals surface area contributed by atoms with Gasteiger partial charge in [-0.05, 0) is 42.8 Å². The van der Waals surface area contributed by atoms with Crippen LogP contribution in [0.5, 0.6) is 0 Å². The van der Waals surface area contributed by atoms with Crippen molar-refractivity contribution in [3.63, 3.8) is 0 Å². The molecule has 1 aromatic heterocycles. The van der Waals surface area contributed by atoms with Gasteiger partial charge in [0.1, 0.15) is 10.0 Å². The van der Waals surface area contributed by atoms with Gasteiger partial charge in [0, 0.05) is 11.9 Å². The van der Waals surface area contributed by atoms with Crippen LogP contribution in [-0.2, 0) is 19.9 Å². The summed E-state index contributed by atoms with van der Waals surface area (Å²) in [6, 6.07) is 6.93. The summed E-state index contributed by atoms with van der Waals surface area (Å²) in [4.78, 5) is 3.93. The molecule has 0 saturated carbocycles. The number of rotatable bonds is 5. The number of aromatic nitrogens is 1. The minimum absolute atomic E-state index is 0.0200. The van der Waals surface area contributed by atoms with Gasteiger partial charge in [-0.1, -0.05) is 18.5 Å². The van der Waals surface area contributed by atoms with Crippen LogP contribution >= 0.6 is 11.6 Å². The molecule has 0 aliphatic heterocycles. The molecule has 0 aliphatic carbocycles. The molecular formula is C14H15ClN2O4S2. The molecule has 23 heavy (non-hydrogen) atoms. The van der Waals surface area contributed by atoms with E-state index in [0.717, 1.165) is 6.20 Å². The Morgan fingerprint density at radius 1 is 1.09 bits per heavy atom. The number of hydrogen-bond acceptors (Lipinski definition) is 5. The molecule has 0 atom stereocenters. The maximum atomic E-state index is 12.3. The summed E-state index contributed by atoms with van der Waals surface area (Å²) in [6.45, 7) is 3.20. The van der Waals surface area contributed by atoms with Gasteiger partial charge in [0.15, 0.2) is 9.84 Å². The summed E-state index contributed by atoms with van der Waals surface area (Å²) in [5.74, 6) is -0.0200. The number of nitrogens with one attached hydrogen (secondary N) is 1. The minimum atomic E-state index is -3.83. The van der Waals surface area contributed by atoms with Gasteiger partial charge in [-0.3, -0.25) is 4.72 Å². The van der Waals surface area contributed by atoms with Gasteiger partial charge in [0.05, 0.1) is 10.6 Å². The van der Waals surface area contributed by atoms with Crippen molar-refractivity contribution in [2.45, 2.75) is 23.6 Å². The number of pyridine rings is 1. The van der Waals surface area contributed by atoms with E-state index in [0.29, 0.717) is 5.56 Å². The SMILES string of the molecule is CCS(=O)(=O)c1ccc(NS(=O)(=O)c2cnc(Cl)c(C)c2)cc1. The number of benzene rings is 1. The molecule has 0 spiro atoms. The second-order valence-electron chi connectivity index (χ2n) is 4.81. The number of hydrogen-bond donors (Lipinski definition) is 1. The molecule has 0 bridgehead atoms. The predicted octanol–water partition coefficient (Wildman–Crippen LogP) is 2.64. The lowest BCUT2D eigenvalue weighted by Crippen LogP contribution is -2.13. The lowest BCUT2D eigenvalue weighted by atomic mass is 10.3. The molecule has 1 aromatic carbocycles. The molecule has 0 saturated heterocycles. The third-order valence-electron chi connectivity index (χ3n) is 3.15. The highest BCUT2D eigenvalue weighted by Crippen LogP contribution is 2.21. The third kappa shape index (κ3) is 4.01. The molecule has 1 heterocycles. The van der Waals surface area contributed by atoms with Crippen LogP contribution in [0.15, 0.2) is 46.3 Å². The molecule has 0 unspecified atom stereocenters. The average Bonchev–Trinajstić information content (AvgIpc) is 2.50. The fraction of sp³-hybridized carbons (Fsp3) is 0.214. The van der Waals surface area contributed by atoms with Crippen LogP contribution in [0.2, 0.25) is 5.15 Å². The smallest absolute Gasteiger partial charge is 0.263 e. The van der Waals surface area contributed by atoms with Crippen LogP contribution in [0.25, 0.3) is 0 Å². The van der Waals surface area contributed by atoms with Crippen molar-refractivity contribution in [3.05, 3.63) is 47.2 Å². The van der Waals surface area contributed by atoms with Crippen molar-refractivity contribution in [2.24, 2.45) is 0 Å². The van der Waals surface area contributed by atoms with Crippen LogP contribution in [0.1, 0.15) is 12.5 Å². The lowest BCUT2D eigenvalue weighted by Gasteiger charge is -2.09. The second kappa shape index (κ2) is 6.46. The Morgan fingerprint density at radius 3 is 2.22 bits per heavy atom. The third-order valence-corrected chi connectivity index (χ3v) is 6.64. The quantitative estimate of drug-likeness (QED) is 0.812. The number of anilines is 1. The van der Waals surface area contributed by atoms with Crippen molar-refractivity contribution in [2.75, 3.05) is 10.5 Å². The van der Waals surface area contributed by atoms with E-state index in [4.69, 9.17) is 11.6 Å². The largest absolute Gasteiger partial charge is 0.280 e. The van der Waals surface area contributed by atoms with E-state index in [1.54, 1.807) is 13.8 Å². The first-order chi connectivity index (χ1) is 10.7. The summed E-state index contributed by atoms with van der Waals surface area (Å²) < 4.78 is 50.4. The summed E-state index contributed by atoms with van der Waals surface area (Å²) >= 11 is 5.78. The number of nitrogens with zero attached hydrogens (tertiary/aromatic N) is 1. The summed E-state index contributed by atoms with van der Waals surface area (Å²) in [5.41, 5.74) is 0.798. The van der Waals surface area contributed by atoms with Gasteiger partial charge >= 0.3 is 0 Å². The van der Waals surface area contributed by atoms with E-state index in [9.17, 15) is 16.8 Å². The number of sulfone groups is 1. The monoisotopic (exact) mass is 374 g/mol. The Kier molecular flexibility index (Phi) is 4.98. The average molecular weight is 375 g/mol. The fourth-order valence-electron chi connectivity index (χ4n) is 1.79. The van der Waals surface area contributed by atoms with Gasteiger partial charge < -0.3 is 0 Å². The first kappa shape index (κ1) is 17.7. The predicted molar refractivity (Wildman–Crippen MR) is 89.0 cm³/mol. The Labute approximate surface area is 140 Å². The van der Waals surface area contributed by atoms with Gasteiger partial charge in [-0.25, -0.2) is 21.8 Å². The fourth-order valence-corrected chi connectivity index (χ4v) is 3.87. The van der Waals surface area contributed by atoms with Crippen molar-refractivity contribution >= 4 is 37.1 Å². The van der Waals surface area contributed by atoms with E-state index in [1.807, 2.05) is 0 Å². The topological polar surface area (TPSA) is 93.2 Å². The Balaban J connectivity index is 2.29. The van der Waals surface area contributed by atoms with Crippen LogP contribution in [0.3, 0.4) is 0 Å². The molecule has 2 rings (SSSR count). The normalized spacial score (nSPS) is 12.1. The molecule has 2 aromatic rings. The van der Waals surface area contributed by atoms with E-state index in [2.05, 4.69) is 9.71 Å². The number of aryl methyl sites for hydroxylation is 1. The van der Waals surface area contributed by atoms with Crippen molar-refractivity contribution in [1.82, 2.24) is 4.98 Å². The molecule has 1 N–H and O–H groups in total. The maximum absolute atomic E-state index is 12.3. The molecule has 0 aliphatic rings. The van der Waals surface area contributed by atoms with Gasteiger partial charge in [-0.2, -0.15) is 0 Å². The molecule has 0 fully saturated rings. The van der Waals surface area contributed by atoms with Crippen molar-refractivity contribution in [3.8, 4) is 0 Å². The Morgan fingerprint density at radius 2 is 1.70 bits per heavy atom. The highest BCUT2D eigenvalue weighted by molar-refractivity contribution is 7.92. The zero-order valence-corrected chi connectivity index (χ0v) is 14.8. The minimum Gasteiger partial charge on any atom is -0.280 e. The van der Waals surface area contributed by atoms with E-state index in [-0.39, 0.29) is 26.4 Å². The number of sulfonamides is 1. The number of halogens is 1. The van der Waals surface area contributed by atoms with Gasteiger partial charge in [-0.15, -0.1) is 0 Å². The standard InChI is InChI=1S/C14H15ClN2O4S2/c1-3-22(18,19)12-6-4-11(5-7-12)17-23(20,21)13-8-10(2)14(15)16-9-13/h4-9,17H,3H2,1-2H3. The second-order valence-corrected chi connectivity index (χ2v) is 9.13. The van der Waals surface area contributed by atoms with E-state index in [1.165, 1.54) is 30.3 Å². The zero-order chi connectivity index (χ0) is 17.3. The summed E-state index contributed by atoms with van der Waals surface area (Å²) in [6.07, 6.45) is 1.16. The zero-order valence-electron chi connectivity index (χ0n) is 12.4. The summed E-state index contributed by atoms with van der Waals surface area (Å²) in [7, 11) is -7.15. The van der Waals surface area contributed by atoms with Crippen LogP contribution in [-0.4, -0.2) is 27.6 Å². The van der Waals surface area contributed by atoms with E-state index < -0.39 is 19.9 Å². The first-order valence-electron chi connectivity index (χ1n) is 6.63. The van der Waals surface area contributed by atoms with Crippen LogP contribution < -0.4 is 4.72 Å². The molecule has 0 radical (unpaired) electrons.